The van der Waals surface area contributed by atoms with Crippen LogP contribution >= 0.6 is 23.2 Å². The van der Waals surface area contributed by atoms with Crippen molar-refractivity contribution in [3.8, 4) is 0 Å². The Hall–Kier alpha value is -1.06. The summed E-state index contributed by atoms with van der Waals surface area (Å²) >= 11 is 10.9. The summed E-state index contributed by atoms with van der Waals surface area (Å²) in [5, 5.41) is 8.26. The third kappa shape index (κ3) is 2.72. The number of carbonyl (C=O) groups excluding carboxylic acids is 1. The summed E-state index contributed by atoms with van der Waals surface area (Å²) < 4.78 is 0. The smallest absolute Gasteiger partial charge is 0.307 e. The summed E-state index contributed by atoms with van der Waals surface area (Å²) in [6.45, 7) is 0. The van der Waals surface area contributed by atoms with Crippen molar-refractivity contribution >= 4 is 34.4 Å². The number of carboxylic acid groups (broad SMARTS) is 1. The maximum atomic E-state index is 10.9. The van der Waals surface area contributed by atoms with Gasteiger partial charge < -0.3 is 5.11 Å². The third-order valence-electron chi connectivity index (χ3n) is 1.62. The molecule has 0 amide bonds. The van der Waals surface area contributed by atoms with Crippen LogP contribution in [-0.2, 0) is 11.2 Å². The fourth-order valence-corrected chi connectivity index (χ4v) is 1.44. The van der Waals surface area contributed by atoms with Crippen LogP contribution in [0.1, 0.15) is 15.9 Å². The van der Waals surface area contributed by atoms with E-state index in [1.165, 1.54) is 18.2 Å². The molecule has 0 aliphatic heterocycles. The van der Waals surface area contributed by atoms with Gasteiger partial charge in [0.15, 0.2) is 0 Å². The van der Waals surface area contributed by atoms with Crippen molar-refractivity contribution < 1.29 is 14.7 Å². The molecule has 0 saturated carbocycles. The Morgan fingerprint density at radius 1 is 1.36 bits per heavy atom. The van der Waals surface area contributed by atoms with Crippen molar-refractivity contribution in [3.05, 3.63) is 34.3 Å². The SMILES string of the molecule is O=C(O)Cc1cc(Cl)ccc1C(=O)Cl. The lowest BCUT2D eigenvalue weighted by Crippen LogP contribution is -2.05. The van der Waals surface area contributed by atoms with E-state index in [9.17, 15) is 9.59 Å². The maximum Gasteiger partial charge on any atom is 0.307 e. The zero-order chi connectivity index (χ0) is 10.7. The fraction of sp³-hybridized carbons (Fsp3) is 0.111. The van der Waals surface area contributed by atoms with Gasteiger partial charge in [-0.1, -0.05) is 11.6 Å². The minimum absolute atomic E-state index is 0.179. The largest absolute Gasteiger partial charge is 0.481 e. The highest BCUT2D eigenvalue weighted by molar-refractivity contribution is 6.68. The molecule has 1 aromatic carbocycles. The van der Waals surface area contributed by atoms with E-state index in [4.69, 9.17) is 28.3 Å². The number of hydrogen-bond donors (Lipinski definition) is 1. The van der Waals surface area contributed by atoms with Crippen LogP contribution < -0.4 is 0 Å². The van der Waals surface area contributed by atoms with Crippen LogP contribution in [0, 0.1) is 0 Å². The summed E-state index contributed by atoms with van der Waals surface area (Å²) in [4.78, 5) is 21.3. The predicted octanol–water partition coefficient (Wildman–Crippen LogP) is 2.35. The van der Waals surface area contributed by atoms with Gasteiger partial charge in [0.05, 0.1) is 6.42 Å². The first-order chi connectivity index (χ1) is 6.50. The van der Waals surface area contributed by atoms with Crippen LogP contribution in [0.3, 0.4) is 0 Å². The van der Waals surface area contributed by atoms with Crippen LogP contribution in [0.4, 0.5) is 0 Å². The average molecular weight is 233 g/mol. The lowest BCUT2D eigenvalue weighted by Gasteiger charge is -2.03. The molecule has 0 spiro atoms. The molecule has 0 unspecified atom stereocenters. The van der Waals surface area contributed by atoms with Crippen LogP contribution in [0.15, 0.2) is 18.2 Å². The molecule has 0 saturated heterocycles. The lowest BCUT2D eigenvalue weighted by atomic mass is 10.1. The van der Waals surface area contributed by atoms with E-state index in [-0.39, 0.29) is 12.0 Å². The summed E-state index contributed by atoms with van der Waals surface area (Å²) in [7, 11) is 0. The minimum atomic E-state index is -1.04. The number of hydrogen-bond acceptors (Lipinski definition) is 2. The van der Waals surface area contributed by atoms with Gasteiger partial charge >= 0.3 is 5.97 Å². The highest BCUT2D eigenvalue weighted by Crippen LogP contribution is 2.18. The van der Waals surface area contributed by atoms with E-state index in [1.54, 1.807) is 0 Å². The quantitative estimate of drug-likeness (QED) is 0.815. The number of carboxylic acids is 1. The molecule has 0 heterocycles. The highest BCUT2D eigenvalue weighted by atomic mass is 35.5. The molecule has 0 atom stereocenters. The zero-order valence-electron chi connectivity index (χ0n) is 6.96. The molecule has 14 heavy (non-hydrogen) atoms. The Morgan fingerprint density at radius 2 is 2.00 bits per heavy atom. The van der Waals surface area contributed by atoms with Crippen molar-refractivity contribution in [2.24, 2.45) is 0 Å². The van der Waals surface area contributed by atoms with Gasteiger partial charge in [0, 0.05) is 10.6 Å². The lowest BCUT2D eigenvalue weighted by molar-refractivity contribution is -0.136. The van der Waals surface area contributed by atoms with Gasteiger partial charge in [-0.25, -0.2) is 0 Å². The number of carbonyl (C=O) groups is 2. The van der Waals surface area contributed by atoms with Crippen molar-refractivity contribution in [1.82, 2.24) is 0 Å². The molecule has 5 heteroatoms. The van der Waals surface area contributed by atoms with E-state index in [1.807, 2.05) is 0 Å². The van der Waals surface area contributed by atoms with E-state index in [0.29, 0.717) is 10.6 Å². The summed E-state index contributed by atoms with van der Waals surface area (Å²) in [5.41, 5.74) is 0.503. The van der Waals surface area contributed by atoms with Crippen molar-refractivity contribution in [2.75, 3.05) is 0 Å². The monoisotopic (exact) mass is 232 g/mol. The van der Waals surface area contributed by atoms with E-state index in [2.05, 4.69) is 0 Å². The molecule has 1 aromatic rings. The Morgan fingerprint density at radius 3 is 2.50 bits per heavy atom. The molecule has 1 rings (SSSR count). The molecule has 0 aliphatic carbocycles. The molecule has 0 bridgehead atoms. The first-order valence-electron chi connectivity index (χ1n) is 3.70. The van der Waals surface area contributed by atoms with Gasteiger partial charge in [-0.05, 0) is 35.4 Å². The van der Waals surface area contributed by atoms with Crippen molar-refractivity contribution in [2.45, 2.75) is 6.42 Å². The minimum Gasteiger partial charge on any atom is -0.481 e. The number of halogens is 2. The average Bonchev–Trinajstić information content (AvgIpc) is 2.01. The normalized spacial score (nSPS) is 9.86. The first kappa shape index (κ1) is 11.0. The Bertz CT molecular complexity index is 388. The maximum absolute atomic E-state index is 10.9. The van der Waals surface area contributed by atoms with E-state index < -0.39 is 11.2 Å². The Labute approximate surface area is 90.3 Å². The number of aliphatic carboxylic acids is 1. The van der Waals surface area contributed by atoms with Crippen LogP contribution in [0.2, 0.25) is 5.02 Å². The van der Waals surface area contributed by atoms with Crippen LogP contribution in [0.25, 0.3) is 0 Å². The molecule has 1 N–H and O–H groups in total. The fourth-order valence-electron chi connectivity index (χ4n) is 1.06. The Kier molecular flexibility index (Phi) is 3.49. The van der Waals surface area contributed by atoms with Gasteiger partial charge in [0.25, 0.3) is 5.24 Å². The molecular weight excluding hydrogens is 227 g/mol. The van der Waals surface area contributed by atoms with Gasteiger partial charge in [-0.3, -0.25) is 9.59 Å². The molecule has 3 nitrogen and oxygen atoms in total. The first-order valence-corrected chi connectivity index (χ1v) is 4.46. The molecule has 0 fully saturated rings. The second-order valence-corrected chi connectivity index (χ2v) is 3.43. The summed E-state index contributed by atoms with van der Waals surface area (Å²) in [6.07, 6.45) is -0.269. The summed E-state index contributed by atoms with van der Waals surface area (Å²) in [6, 6.07) is 4.32. The standard InChI is InChI=1S/C9H6Cl2O3/c10-6-1-2-7(9(11)14)5(3-6)4-8(12)13/h1-3H,4H2,(H,12,13). The Balaban J connectivity index is 3.15. The third-order valence-corrected chi connectivity index (χ3v) is 2.06. The second kappa shape index (κ2) is 4.44. The molecule has 0 aliphatic rings. The van der Waals surface area contributed by atoms with Gasteiger partial charge in [0.2, 0.25) is 0 Å². The topological polar surface area (TPSA) is 54.4 Å². The number of rotatable bonds is 3. The highest BCUT2D eigenvalue weighted by Gasteiger charge is 2.11. The predicted molar refractivity (Wildman–Crippen MR) is 53.0 cm³/mol. The van der Waals surface area contributed by atoms with Gasteiger partial charge in [-0.2, -0.15) is 0 Å². The number of benzene rings is 1. The van der Waals surface area contributed by atoms with E-state index in [0.717, 1.165) is 0 Å². The molecule has 0 radical (unpaired) electrons. The van der Waals surface area contributed by atoms with Gasteiger partial charge in [-0.15, -0.1) is 0 Å². The van der Waals surface area contributed by atoms with Crippen LogP contribution in [-0.4, -0.2) is 16.3 Å². The molecule has 0 aromatic heterocycles. The van der Waals surface area contributed by atoms with Crippen molar-refractivity contribution in [3.63, 3.8) is 0 Å². The zero-order valence-corrected chi connectivity index (χ0v) is 8.47. The van der Waals surface area contributed by atoms with E-state index >= 15 is 0 Å². The second-order valence-electron chi connectivity index (χ2n) is 2.65. The summed E-state index contributed by atoms with van der Waals surface area (Å²) in [5.74, 6) is -1.04. The molecular formula is C9H6Cl2O3. The van der Waals surface area contributed by atoms with Crippen molar-refractivity contribution in [1.29, 1.82) is 0 Å². The van der Waals surface area contributed by atoms with Gasteiger partial charge in [0.1, 0.15) is 0 Å². The van der Waals surface area contributed by atoms with Crippen LogP contribution in [0.5, 0.6) is 0 Å². The molecule has 74 valence electrons.